The van der Waals surface area contributed by atoms with Crippen LogP contribution in [0.2, 0.25) is 0 Å². The van der Waals surface area contributed by atoms with Gasteiger partial charge in [-0.15, -0.1) is 12.4 Å². The Labute approximate surface area is 157 Å². The molecule has 130 valence electrons. The summed E-state index contributed by atoms with van der Waals surface area (Å²) in [6, 6.07) is 7.69. The number of hydrogen-bond acceptors (Lipinski definition) is 3. The quantitative estimate of drug-likeness (QED) is 0.823. The largest absolute Gasteiger partial charge is 0.337 e. The Hall–Kier alpha value is -1.37. The van der Waals surface area contributed by atoms with Crippen LogP contribution >= 0.6 is 28.3 Å². The van der Waals surface area contributed by atoms with Crippen LogP contribution < -0.4 is 5.32 Å². The molecule has 0 radical (unpaired) electrons. The van der Waals surface area contributed by atoms with Crippen molar-refractivity contribution < 1.29 is 4.79 Å². The summed E-state index contributed by atoms with van der Waals surface area (Å²) in [5.41, 5.74) is 3.71. The third-order valence-corrected chi connectivity index (χ3v) is 5.34. The Bertz CT molecular complexity index is 706. The molecule has 1 aliphatic heterocycles. The zero-order chi connectivity index (χ0) is 16.4. The number of carbonyl (C=O) groups is 1. The first-order chi connectivity index (χ1) is 11.1. The number of aromatic nitrogens is 2. The van der Waals surface area contributed by atoms with Crippen molar-refractivity contribution in [1.82, 2.24) is 20.0 Å². The van der Waals surface area contributed by atoms with E-state index < -0.39 is 0 Å². The van der Waals surface area contributed by atoms with Crippen LogP contribution in [0.4, 0.5) is 0 Å². The standard InChI is InChI=1S/C17H21BrN4O.ClH/c1-12-16(18)13(2)22(20-12)15-6-4-14(5-7-15)17(23)21-10-3-8-19-9-11-21;/h4-7,19H,3,8-11H2,1-2H3;1H. The molecule has 0 aliphatic carbocycles. The highest BCUT2D eigenvalue weighted by atomic mass is 79.9. The maximum absolute atomic E-state index is 12.6. The van der Waals surface area contributed by atoms with E-state index in [4.69, 9.17) is 0 Å². The van der Waals surface area contributed by atoms with E-state index in [0.29, 0.717) is 0 Å². The van der Waals surface area contributed by atoms with E-state index in [2.05, 4.69) is 26.3 Å². The molecule has 0 atom stereocenters. The van der Waals surface area contributed by atoms with Crippen molar-refractivity contribution in [3.05, 3.63) is 45.7 Å². The van der Waals surface area contributed by atoms with Gasteiger partial charge in [0.15, 0.2) is 0 Å². The lowest BCUT2D eigenvalue weighted by Crippen LogP contribution is -2.34. The fraction of sp³-hybridized carbons (Fsp3) is 0.412. The molecule has 1 aromatic carbocycles. The number of hydrogen-bond donors (Lipinski definition) is 1. The van der Waals surface area contributed by atoms with Gasteiger partial charge in [-0.05, 0) is 67.0 Å². The molecule has 1 fully saturated rings. The van der Waals surface area contributed by atoms with Gasteiger partial charge in [-0.2, -0.15) is 5.10 Å². The molecule has 1 N–H and O–H groups in total. The van der Waals surface area contributed by atoms with Crippen molar-refractivity contribution in [2.24, 2.45) is 0 Å². The Kier molecular flexibility index (Phi) is 6.43. The minimum atomic E-state index is 0. The fourth-order valence-corrected chi connectivity index (χ4v) is 3.10. The van der Waals surface area contributed by atoms with E-state index in [1.54, 1.807) is 0 Å². The van der Waals surface area contributed by atoms with Crippen molar-refractivity contribution in [3.8, 4) is 5.69 Å². The molecular weight excluding hydrogens is 392 g/mol. The summed E-state index contributed by atoms with van der Waals surface area (Å²) in [6.45, 7) is 7.42. The van der Waals surface area contributed by atoms with Crippen LogP contribution in [0.5, 0.6) is 0 Å². The van der Waals surface area contributed by atoms with E-state index >= 15 is 0 Å². The number of aryl methyl sites for hydroxylation is 1. The fourth-order valence-electron chi connectivity index (χ4n) is 2.85. The van der Waals surface area contributed by atoms with Crippen LogP contribution in [-0.4, -0.2) is 46.8 Å². The lowest BCUT2D eigenvalue weighted by Gasteiger charge is -2.20. The van der Waals surface area contributed by atoms with Crippen LogP contribution in [0.1, 0.15) is 28.2 Å². The predicted molar refractivity (Wildman–Crippen MR) is 101 cm³/mol. The summed E-state index contributed by atoms with van der Waals surface area (Å²) < 4.78 is 2.92. The number of halogens is 2. The molecule has 0 spiro atoms. The minimum Gasteiger partial charge on any atom is -0.337 e. The number of benzene rings is 1. The van der Waals surface area contributed by atoms with E-state index in [0.717, 1.165) is 59.7 Å². The molecule has 7 heteroatoms. The van der Waals surface area contributed by atoms with Gasteiger partial charge in [-0.1, -0.05) is 0 Å². The van der Waals surface area contributed by atoms with Crippen molar-refractivity contribution in [2.75, 3.05) is 26.2 Å². The predicted octanol–water partition coefficient (Wildman–Crippen LogP) is 3.11. The topological polar surface area (TPSA) is 50.2 Å². The number of rotatable bonds is 2. The molecule has 1 aromatic heterocycles. The van der Waals surface area contributed by atoms with Crippen molar-refractivity contribution in [2.45, 2.75) is 20.3 Å². The molecule has 5 nitrogen and oxygen atoms in total. The molecule has 1 saturated heterocycles. The van der Waals surface area contributed by atoms with Gasteiger partial charge in [0, 0.05) is 25.2 Å². The molecular formula is C17H22BrClN4O. The number of amides is 1. The van der Waals surface area contributed by atoms with Gasteiger partial charge in [0.2, 0.25) is 0 Å². The lowest BCUT2D eigenvalue weighted by molar-refractivity contribution is 0.0766. The van der Waals surface area contributed by atoms with Crippen LogP contribution in [0.15, 0.2) is 28.7 Å². The summed E-state index contributed by atoms with van der Waals surface area (Å²) in [7, 11) is 0. The molecule has 2 aromatic rings. The van der Waals surface area contributed by atoms with Gasteiger partial charge in [0.25, 0.3) is 5.91 Å². The highest BCUT2D eigenvalue weighted by Gasteiger charge is 2.17. The molecule has 0 saturated carbocycles. The summed E-state index contributed by atoms with van der Waals surface area (Å²) in [5.74, 6) is 0.106. The average Bonchev–Trinajstić information content (AvgIpc) is 2.80. The second kappa shape index (κ2) is 8.14. The highest BCUT2D eigenvalue weighted by Crippen LogP contribution is 2.23. The van der Waals surface area contributed by atoms with E-state index in [-0.39, 0.29) is 18.3 Å². The molecule has 0 unspecified atom stereocenters. The van der Waals surface area contributed by atoms with Gasteiger partial charge in [-0.25, -0.2) is 4.68 Å². The van der Waals surface area contributed by atoms with Crippen molar-refractivity contribution >= 4 is 34.2 Å². The Balaban J connectivity index is 0.00000208. The summed E-state index contributed by atoms with van der Waals surface area (Å²) in [5, 5.41) is 7.84. The summed E-state index contributed by atoms with van der Waals surface area (Å²) in [4.78, 5) is 14.5. The lowest BCUT2D eigenvalue weighted by atomic mass is 10.1. The maximum Gasteiger partial charge on any atom is 0.253 e. The second-order valence-electron chi connectivity index (χ2n) is 5.84. The molecule has 2 heterocycles. The summed E-state index contributed by atoms with van der Waals surface area (Å²) >= 11 is 3.54. The number of nitrogens with zero attached hydrogens (tertiary/aromatic N) is 3. The van der Waals surface area contributed by atoms with Crippen LogP contribution in [0, 0.1) is 13.8 Å². The first kappa shape index (κ1) is 19.0. The minimum absolute atomic E-state index is 0. The van der Waals surface area contributed by atoms with Crippen LogP contribution in [0.25, 0.3) is 5.69 Å². The zero-order valence-corrected chi connectivity index (χ0v) is 16.3. The zero-order valence-electron chi connectivity index (χ0n) is 13.9. The van der Waals surface area contributed by atoms with Crippen molar-refractivity contribution in [1.29, 1.82) is 0 Å². The average molecular weight is 414 g/mol. The Morgan fingerprint density at radius 2 is 1.88 bits per heavy atom. The number of carbonyl (C=O) groups excluding carboxylic acids is 1. The molecule has 1 aliphatic rings. The van der Waals surface area contributed by atoms with Crippen molar-refractivity contribution in [3.63, 3.8) is 0 Å². The van der Waals surface area contributed by atoms with E-state index in [1.165, 1.54) is 0 Å². The SMILES string of the molecule is Cc1nn(-c2ccc(C(=O)N3CCCNCC3)cc2)c(C)c1Br.Cl. The van der Waals surface area contributed by atoms with E-state index in [1.807, 2.05) is 47.7 Å². The molecule has 0 bridgehead atoms. The molecule has 3 rings (SSSR count). The number of nitrogens with one attached hydrogen (secondary N) is 1. The third kappa shape index (κ3) is 3.82. The Morgan fingerprint density at radius 1 is 1.17 bits per heavy atom. The first-order valence-electron chi connectivity index (χ1n) is 7.90. The van der Waals surface area contributed by atoms with Gasteiger partial charge < -0.3 is 10.2 Å². The van der Waals surface area contributed by atoms with Gasteiger partial charge in [0.05, 0.1) is 21.5 Å². The first-order valence-corrected chi connectivity index (χ1v) is 8.69. The molecule has 1 amide bonds. The van der Waals surface area contributed by atoms with Crippen LogP contribution in [0.3, 0.4) is 0 Å². The Morgan fingerprint density at radius 3 is 2.50 bits per heavy atom. The van der Waals surface area contributed by atoms with Crippen LogP contribution in [-0.2, 0) is 0 Å². The second-order valence-corrected chi connectivity index (χ2v) is 6.63. The van der Waals surface area contributed by atoms with Gasteiger partial charge >= 0.3 is 0 Å². The third-order valence-electron chi connectivity index (χ3n) is 4.19. The smallest absolute Gasteiger partial charge is 0.253 e. The molecule has 24 heavy (non-hydrogen) atoms. The van der Waals surface area contributed by atoms with Gasteiger partial charge in [0.1, 0.15) is 0 Å². The van der Waals surface area contributed by atoms with Gasteiger partial charge in [-0.3, -0.25) is 4.79 Å². The summed E-state index contributed by atoms with van der Waals surface area (Å²) in [6.07, 6.45) is 1.00. The normalized spacial score (nSPS) is 14.9. The maximum atomic E-state index is 12.6. The van der Waals surface area contributed by atoms with E-state index in [9.17, 15) is 4.79 Å². The monoisotopic (exact) mass is 412 g/mol. The highest BCUT2D eigenvalue weighted by molar-refractivity contribution is 9.10.